The first kappa shape index (κ1) is 34.6. The topological polar surface area (TPSA) is 138 Å². The molecule has 0 spiro atoms. The maximum atomic E-state index is 15.2. The number of phenols is 1. The highest BCUT2D eigenvalue weighted by Crippen LogP contribution is 2.65. The fraction of sp³-hybridized carbons (Fsp3) is 0.341. The fourth-order valence-electron chi connectivity index (χ4n) is 9.20. The number of ether oxygens (including phenoxy) is 1. The zero-order chi connectivity index (χ0) is 36.0. The summed E-state index contributed by atoms with van der Waals surface area (Å²) in [4.78, 5) is 70.6. The van der Waals surface area contributed by atoms with Crippen LogP contribution in [-0.4, -0.2) is 58.1 Å². The second-order valence-electron chi connectivity index (χ2n) is 13.9. The minimum absolute atomic E-state index is 0.0217. The second kappa shape index (κ2) is 13.7. The summed E-state index contributed by atoms with van der Waals surface area (Å²) in [6, 6.07) is 21.7. The van der Waals surface area contributed by atoms with Gasteiger partial charge in [-0.05, 0) is 60.9 Å². The number of amides is 2. The van der Waals surface area contributed by atoms with Crippen LogP contribution >= 0.6 is 15.9 Å². The van der Waals surface area contributed by atoms with Crippen molar-refractivity contribution in [2.45, 2.75) is 49.9 Å². The predicted molar refractivity (Wildman–Crippen MR) is 192 cm³/mol. The number of unbranched alkanes of at least 4 members (excludes halogenated alkanes) is 2. The summed E-state index contributed by atoms with van der Waals surface area (Å²) in [5.41, 5.74) is 1.18. The summed E-state index contributed by atoms with van der Waals surface area (Å²) >= 11 is 3.57. The molecule has 3 aromatic rings. The standard InChI is InChI=1S/C41H38BrNO8/c1-51-32-20-25(42)19-30(38(32)48)36-26-16-17-27-35(40(50)43(39(27)49)18-10-4-9-15-34(45)46)29(26)21-31-37(47)28(23-11-5-2-6-12-23)22-33(44)41(31,36)24-13-7-3-8-14-24/h2-3,5-8,11-14,16,19-20,22,27,29,31,35-36,48H,4,9-10,15,17-18,21H2,1H3,(H,45,46)/t27-,29+,31-,35-,36+,41-/m0/s1. The van der Waals surface area contributed by atoms with Gasteiger partial charge in [-0.1, -0.05) is 94.7 Å². The van der Waals surface area contributed by atoms with Crippen LogP contribution in [0.25, 0.3) is 5.57 Å². The van der Waals surface area contributed by atoms with Gasteiger partial charge in [0.25, 0.3) is 0 Å². The summed E-state index contributed by atoms with van der Waals surface area (Å²) in [5, 5.41) is 20.9. The number of aromatic hydroxyl groups is 1. The molecule has 0 unspecified atom stereocenters. The molecule has 6 atom stereocenters. The molecule has 1 aliphatic heterocycles. The minimum Gasteiger partial charge on any atom is -0.504 e. The van der Waals surface area contributed by atoms with Gasteiger partial charge in [-0.2, -0.15) is 0 Å². The molecule has 4 aliphatic rings. The van der Waals surface area contributed by atoms with E-state index in [0.29, 0.717) is 46.0 Å². The number of fused-ring (bicyclic) bond motifs is 4. The van der Waals surface area contributed by atoms with Gasteiger partial charge in [-0.25, -0.2) is 0 Å². The Kier molecular flexibility index (Phi) is 9.31. The molecule has 0 radical (unpaired) electrons. The van der Waals surface area contributed by atoms with Crippen molar-refractivity contribution in [3.63, 3.8) is 0 Å². The van der Waals surface area contributed by atoms with Gasteiger partial charge in [-0.15, -0.1) is 0 Å². The number of benzene rings is 3. The van der Waals surface area contributed by atoms with Crippen molar-refractivity contribution in [1.82, 2.24) is 4.90 Å². The molecule has 1 saturated carbocycles. The van der Waals surface area contributed by atoms with Gasteiger partial charge in [-0.3, -0.25) is 28.9 Å². The van der Waals surface area contributed by atoms with Crippen molar-refractivity contribution < 1.29 is 38.9 Å². The molecular weight excluding hydrogens is 714 g/mol. The molecule has 2 N–H and O–H groups in total. The molecule has 1 saturated heterocycles. The van der Waals surface area contributed by atoms with Gasteiger partial charge >= 0.3 is 5.97 Å². The van der Waals surface area contributed by atoms with Crippen molar-refractivity contribution in [1.29, 1.82) is 0 Å². The van der Waals surface area contributed by atoms with E-state index in [9.17, 15) is 19.5 Å². The van der Waals surface area contributed by atoms with Crippen molar-refractivity contribution in [2.24, 2.45) is 23.7 Å². The van der Waals surface area contributed by atoms with E-state index in [1.807, 2.05) is 54.6 Å². The number of likely N-dealkylation sites (tertiary alicyclic amines) is 1. The largest absolute Gasteiger partial charge is 0.504 e. The molecule has 0 aromatic heterocycles. The smallest absolute Gasteiger partial charge is 0.303 e. The number of ketones is 2. The molecule has 262 valence electrons. The van der Waals surface area contributed by atoms with Crippen LogP contribution < -0.4 is 4.74 Å². The first-order valence-electron chi connectivity index (χ1n) is 17.3. The molecule has 2 amide bonds. The van der Waals surface area contributed by atoms with Gasteiger partial charge in [0.15, 0.2) is 23.1 Å². The summed E-state index contributed by atoms with van der Waals surface area (Å²) in [6.07, 6.45) is 5.35. The van der Waals surface area contributed by atoms with Crippen LogP contribution in [0.15, 0.2) is 95.0 Å². The lowest BCUT2D eigenvalue weighted by Crippen LogP contribution is -2.58. The molecule has 1 heterocycles. The molecule has 0 bridgehead atoms. The minimum atomic E-state index is -1.48. The zero-order valence-electron chi connectivity index (χ0n) is 28.1. The van der Waals surface area contributed by atoms with Crippen molar-refractivity contribution in [2.75, 3.05) is 13.7 Å². The van der Waals surface area contributed by atoms with E-state index in [0.717, 1.165) is 5.57 Å². The quantitative estimate of drug-likeness (QED) is 0.134. The van der Waals surface area contributed by atoms with E-state index in [-0.39, 0.29) is 60.7 Å². The number of hydrogen-bond acceptors (Lipinski definition) is 7. The van der Waals surface area contributed by atoms with E-state index >= 15 is 9.59 Å². The Hall–Kier alpha value is -4.83. The second-order valence-corrected chi connectivity index (χ2v) is 14.8. The van der Waals surface area contributed by atoms with E-state index < -0.39 is 41.0 Å². The number of hydrogen-bond donors (Lipinski definition) is 2. The number of carboxylic acids is 1. The number of nitrogens with zero attached hydrogens (tertiary/aromatic N) is 1. The molecule has 3 aliphatic carbocycles. The average Bonchev–Trinajstić information content (AvgIpc) is 3.38. The first-order valence-corrected chi connectivity index (χ1v) is 18.1. The Morgan fingerprint density at radius 1 is 0.941 bits per heavy atom. The number of carbonyl (C=O) groups is 5. The average molecular weight is 753 g/mol. The lowest BCUT2D eigenvalue weighted by atomic mass is 9.44. The number of methoxy groups -OCH3 is 1. The number of allylic oxidation sites excluding steroid dienone is 4. The van der Waals surface area contributed by atoms with Crippen LogP contribution in [-0.2, 0) is 29.4 Å². The number of aliphatic carboxylic acids is 1. The van der Waals surface area contributed by atoms with Crippen LogP contribution in [0.5, 0.6) is 11.5 Å². The number of carbonyl (C=O) groups excluding carboxylic acids is 4. The number of rotatable bonds is 10. The Bertz CT molecular complexity index is 1990. The maximum absolute atomic E-state index is 15.2. The normalized spacial score (nSPS) is 26.9. The third kappa shape index (κ3) is 5.64. The van der Waals surface area contributed by atoms with E-state index in [4.69, 9.17) is 9.84 Å². The molecule has 9 nitrogen and oxygen atoms in total. The number of halogens is 1. The lowest BCUT2D eigenvalue weighted by Gasteiger charge is -2.55. The number of imide groups is 1. The van der Waals surface area contributed by atoms with E-state index in [1.54, 1.807) is 24.3 Å². The van der Waals surface area contributed by atoms with Gasteiger partial charge in [0.1, 0.15) is 0 Å². The van der Waals surface area contributed by atoms with Crippen LogP contribution in [0, 0.1) is 23.7 Å². The van der Waals surface area contributed by atoms with Crippen molar-refractivity contribution >= 4 is 50.9 Å². The lowest BCUT2D eigenvalue weighted by molar-refractivity contribution is -0.141. The van der Waals surface area contributed by atoms with Crippen LogP contribution in [0.3, 0.4) is 0 Å². The zero-order valence-corrected chi connectivity index (χ0v) is 29.7. The third-order valence-corrected chi connectivity index (χ3v) is 11.8. The molecule has 3 aromatic carbocycles. The first-order chi connectivity index (χ1) is 24.6. The molecular formula is C41H38BrNO8. The SMILES string of the molecule is COc1cc(Br)cc([C@H]2C3=CC[C@@H]4C(=O)N(CCCCCC(=O)O)C(=O)[C@@H]4[C@@H]3C[C@H]3C(=O)C(c4ccccc4)=CC(=O)[C@@]23c2ccccc2)c1O. The van der Waals surface area contributed by atoms with Crippen LogP contribution in [0.1, 0.15) is 61.1 Å². The highest BCUT2D eigenvalue weighted by Gasteiger charge is 2.66. The molecule has 51 heavy (non-hydrogen) atoms. The number of carboxylic acid groups (broad SMARTS) is 1. The predicted octanol–water partition coefficient (Wildman–Crippen LogP) is 6.63. The Labute approximate surface area is 304 Å². The van der Waals surface area contributed by atoms with Gasteiger partial charge in [0, 0.05) is 40.4 Å². The van der Waals surface area contributed by atoms with Gasteiger partial charge in [0.05, 0.1) is 24.4 Å². The Morgan fingerprint density at radius 3 is 2.33 bits per heavy atom. The van der Waals surface area contributed by atoms with Crippen molar-refractivity contribution in [3.8, 4) is 11.5 Å². The molecule has 7 rings (SSSR count). The number of phenolic OH excluding ortho intramolecular Hbond substituents is 1. The summed E-state index contributed by atoms with van der Waals surface area (Å²) in [6.45, 7) is 0.190. The summed E-state index contributed by atoms with van der Waals surface area (Å²) in [5.74, 6) is -5.72. The van der Waals surface area contributed by atoms with Crippen molar-refractivity contribution in [3.05, 3.63) is 112 Å². The Balaban J connectivity index is 1.41. The maximum Gasteiger partial charge on any atom is 0.303 e. The summed E-state index contributed by atoms with van der Waals surface area (Å²) < 4.78 is 6.17. The number of Topliss-reactive ketones (excluding diaryl/α,β-unsaturated/α-hetero) is 1. The molecule has 2 fully saturated rings. The Morgan fingerprint density at radius 2 is 1.65 bits per heavy atom. The van der Waals surface area contributed by atoms with E-state index in [2.05, 4.69) is 15.9 Å². The summed E-state index contributed by atoms with van der Waals surface area (Å²) in [7, 11) is 1.44. The van der Waals surface area contributed by atoms with Gasteiger partial charge in [0.2, 0.25) is 11.8 Å². The van der Waals surface area contributed by atoms with Crippen LogP contribution in [0.2, 0.25) is 0 Å². The van der Waals surface area contributed by atoms with E-state index in [1.165, 1.54) is 18.1 Å². The van der Waals surface area contributed by atoms with Gasteiger partial charge < -0.3 is 14.9 Å². The van der Waals surface area contributed by atoms with Crippen LogP contribution in [0.4, 0.5) is 0 Å². The third-order valence-electron chi connectivity index (χ3n) is 11.3. The highest BCUT2D eigenvalue weighted by atomic mass is 79.9. The molecule has 10 heteroatoms. The highest BCUT2D eigenvalue weighted by molar-refractivity contribution is 9.10. The fourth-order valence-corrected chi connectivity index (χ4v) is 9.65. The monoisotopic (exact) mass is 751 g/mol.